The number of methoxy groups -OCH3 is 1. The van der Waals surface area contributed by atoms with Crippen molar-refractivity contribution in [3.63, 3.8) is 0 Å². The molecule has 3 heterocycles. The number of ether oxygens (including phenoxy) is 2. The SMILES string of the molecule is COC1CCCOC12CCN(C(=O)c1ccc3ncccc3c1)CC2. The van der Waals surface area contributed by atoms with Crippen LogP contribution in [0.4, 0.5) is 0 Å². The zero-order chi connectivity index (χ0) is 17.3. The first-order valence-electron chi connectivity index (χ1n) is 9.03. The zero-order valence-electron chi connectivity index (χ0n) is 14.6. The summed E-state index contributed by atoms with van der Waals surface area (Å²) >= 11 is 0. The van der Waals surface area contributed by atoms with Crippen molar-refractivity contribution >= 4 is 16.8 Å². The molecule has 0 aliphatic carbocycles. The normalized spacial score (nSPS) is 23.1. The Bertz CT molecular complexity index is 768. The molecule has 132 valence electrons. The summed E-state index contributed by atoms with van der Waals surface area (Å²) in [5, 5.41) is 0.997. The molecular weight excluding hydrogens is 316 g/mol. The van der Waals surface area contributed by atoms with Gasteiger partial charge in [-0.05, 0) is 49.9 Å². The number of aromatic nitrogens is 1. The van der Waals surface area contributed by atoms with Gasteiger partial charge in [0.25, 0.3) is 5.91 Å². The lowest BCUT2D eigenvalue weighted by Gasteiger charge is -2.48. The molecule has 5 heteroatoms. The van der Waals surface area contributed by atoms with Gasteiger partial charge in [-0.25, -0.2) is 0 Å². The molecule has 0 N–H and O–H groups in total. The highest BCUT2D eigenvalue weighted by Gasteiger charge is 2.45. The summed E-state index contributed by atoms with van der Waals surface area (Å²) in [6, 6.07) is 9.61. The van der Waals surface area contributed by atoms with Crippen LogP contribution >= 0.6 is 0 Å². The van der Waals surface area contributed by atoms with Crippen molar-refractivity contribution in [1.29, 1.82) is 0 Å². The molecule has 1 aromatic carbocycles. The number of rotatable bonds is 2. The fourth-order valence-corrected chi connectivity index (χ4v) is 4.18. The van der Waals surface area contributed by atoms with E-state index in [4.69, 9.17) is 9.47 Å². The van der Waals surface area contributed by atoms with Gasteiger partial charge in [-0.3, -0.25) is 9.78 Å². The van der Waals surface area contributed by atoms with Crippen molar-refractivity contribution in [3.05, 3.63) is 42.1 Å². The van der Waals surface area contributed by atoms with Crippen molar-refractivity contribution in [1.82, 2.24) is 9.88 Å². The Kier molecular flexibility index (Phi) is 4.44. The van der Waals surface area contributed by atoms with E-state index in [-0.39, 0.29) is 17.6 Å². The lowest BCUT2D eigenvalue weighted by Crippen LogP contribution is -2.56. The van der Waals surface area contributed by atoms with Gasteiger partial charge in [0, 0.05) is 44.0 Å². The predicted octanol–water partition coefficient (Wildman–Crippen LogP) is 3.04. The minimum Gasteiger partial charge on any atom is -0.378 e. The smallest absolute Gasteiger partial charge is 0.253 e. The Morgan fingerprint density at radius 2 is 2.16 bits per heavy atom. The van der Waals surface area contributed by atoms with E-state index >= 15 is 0 Å². The average molecular weight is 340 g/mol. The molecule has 2 aliphatic rings. The van der Waals surface area contributed by atoms with E-state index in [1.165, 1.54) is 0 Å². The Hall–Kier alpha value is -1.98. The van der Waals surface area contributed by atoms with Crippen LogP contribution < -0.4 is 0 Å². The number of amides is 1. The van der Waals surface area contributed by atoms with Crippen LogP contribution in [0.3, 0.4) is 0 Å². The third-order valence-electron chi connectivity index (χ3n) is 5.62. The first-order chi connectivity index (χ1) is 12.2. The molecule has 1 unspecified atom stereocenters. The molecule has 1 aromatic heterocycles. The van der Waals surface area contributed by atoms with Gasteiger partial charge in [0.05, 0.1) is 17.2 Å². The fourth-order valence-electron chi connectivity index (χ4n) is 4.18. The largest absolute Gasteiger partial charge is 0.378 e. The van der Waals surface area contributed by atoms with E-state index in [1.54, 1.807) is 13.3 Å². The summed E-state index contributed by atoms with van der Waals surface area (Å²) in [5.41, 5.74) is 1.43. The van der Waals surface area contributed by atoms with Gasteiger partial charge in [-0.1, -0.05) is 6.07 Å². The van der Waals surface area contributed by atoms with Crippen molar-refractivity contribution < 1.29 is 14.3 Å². The topological polar surface area (TPSA) is 51.7 Å². The maximum Gasteiger partial charge on any atom is 0.253 e. The molecule has 1 spiro atoms. The van der Waals surface area contributed by atoms with Crippen LogP contribution in [-0.4, -0.2) is 54.3 Å². The standard InChI is InChI=1S/C20H24N2O3/c1-24-18-5-3-13-25-20(18)8-11-22(12-9-20)19(23)16-6-7-17-15(14-16)4-2-10-21-17/h2,4,6-7,10,14,18H,3,5,8-9,11-13H2,1H3. The van der Waals surface area contributed by atoms with Gasteiger partial charge in [0.1, 0.15) is 0 Å². The summed E-state index contributed by atoms with van der Waals surface area (Å²) in [4.78, 5) is 19.2. The Morgan fingerprint density at radius 1 is 1.32 bits per heavy atom. The maximum atomic E-state index is 12.9. The number of piperidine rings is 1. The van der Waals surface area contributed by atoms with E-state index in [0.717, 1.165) is 48.8 Å². The average Bonchev–Trinajstić information content (AvgIpc) is 2.68. The lowest BCUT2D eigenvalue weighted by atomic mass is 9.81. The van der Waals surface area contributed by atoms with Crippen LogP contribution in [0.1, 0.15) is 36.0 Å². The number of nitrogens with zero attached hydrogens (tertiary/aromatic N) is 2. The van der Waals surface area contributed by atoms with Gasteiger partial charge < -0.3 is 14.4 Å². The highest BCUT2D eigenvalue weighted by Crippen LogP contribution is 2.37. The van der Waals surface area contributed by atoms with Crippen molar-refractivity contribution in [2.24, 2.45) is 0 Å². The quantitative estimate of drug-likeness (QED) is 0.843. The summed E-state index contributed by atoms with van der Waals surface area (Å²) in [6.07, 6.45) is 5.68. The second kappa shape index (κ2) is 6.73. The van der Waals surface area contributed by atoms with E-state index in [2.05, 4.69) is 4.98 Å². The number of hydrogen-bond donors (Lipinski definition) is 0. The molecule has 0 saturated carbocycles. The molecule has 5 nitrogen and oxygen atoms in total. The Labute approximate surface area is 147 Å². The Balaban J connectivity index is 1.48. The molecule has 4 rings (SSSR count). The number of likely N-dealkylation sites (tertiary alicyclic amines) is 1. The van der Waals surface area contributed by atoms with Gasteiger partial charge in [-0.2, -0.15) is 0 Å². The number of fused-ring (bicyclic) bond motifs is 1. The summed E-state index contributed by atoms with van der Waals surface area (Å²) in [7, 11) is 1.77. The number of carbonyl (C=O) groups is 1. The molecule has 2 aromatic rings. The second-order valence-corrected chi connectivity index (χ2v) is 6.98. The van der Waals surface area contributed by atoms with Crippen molar-refractivity contribution in [2.75, 3.05) is 26.8 Å². The van der Waals surface area contributed by atoms with Crippen LogP contribution in [0.5, 0.6) is 0 Å². The number of carbonyl (C=O) groups excluding carboxylic acids is 1. The molecule has 2 fully saturated rings. The first kappa shape index (κ1) is 16.5. The molecule has 1 amide bonds. The predicted molar refractivity (Wildman–Crippen MR) is 95.6 cm³/mol. The highest BCUT2D eigenvalue weighted by atomic mass is 16.5. The zero-order valence-corrected chi connectivity index (χ0v) is 14.6. The van der Waals surface area contributed by atoms with Crippen LogP contribution in [0.2, 0.25) is 0 Å². The van der Waals surface area contributed by atoms with Crippen LogP contribution in [0.25, 0.3) is 10.9 Å². The van der Waals surface area contributed by atoms with Crippen molar-refractivity contribution in [3.8, 4) is 0 Å². The maximum absolute atomic E-state index is 12.9. The summed E-state index contributed by atoms with van der Waals surface area (Å²) in [5.74, 6) is 0.0883. The second-order valence-electron chi connectivity index (χ2n) is 6.98. The van der Waals surface area contributed by atoms with E-state index in [1.807, 2.05) is 35.2 Å². The van der Waals surface area contributed by atoms with Crippen LogP contribution in [-0.2, 0) is 9.47 Å². The fraction of sp³-hybridized carbons (Fsp3) is 0.500. The van der Waals surface area contributed by atoms with E-state index in [0.29, 0.717) is 13.1 Å². The van der Waals surface area contributed by atoms with E-state index in [9.17, 15) is 4.79 Å². The molecule has 25 heavy (non-hydrogen) atoms. The van der Waals surface area contributed by atoms with Gasteiger partial charge in [0.2, 0.25) is 0 Å². The molecular formula is C20H24N2O3. The van der Waals surface area contributed by atoms with Crippen LogP contribution in [0.15, 0.2) is 36.5 Å². The molecule has 0 bridgehead atoms. The molecule has 2 saturated heterocycles. The lowest BCUT2D eigenvalue weighted by molar-refractivity contribution is -0.183. The third-order valence-corrected chi connectivity index (χ3v) is 5.62. The van der Waals surface area contributed by atoms with Crippen LogP contribution in [0, 0.1) is 0 Å². The number of pyridine rings is 1. The van der Waals surface area contributed by atoms with Crippen molar-refractivity contribution in [2.45, 2.75) is 37.4 Å². The summed E-state index contributed by atoms with van der Waals surface area (Å²) < 4.78 is 11.8. The van der Waals surface area contributed by atoms with Gasteiger partial charge in [-0.15, -0.1) is 0 Å². The van der Waals surface area contributed by atoms with Gasteiger partial charge in [0.15, 0.2) is 0 Å². The Morgan fingerprint density at radius 3 is 2.96 bits per heavy atom. The molecule has 1 atom stereocenters. The monoisotopic (exact) mass is 340 g/mol. The number of hydrogen-bond acceptors (Lipinski definition) is 4. The highest BCUT2D eigenvalue weighted by molar-refractivity contribution is 5.98. The molecule has 2 aliphatic heterocycles. The minimum absolute atomic E-state index is 0.0883. The summed E-state index contributed by atoms with van der Waals surface area (Å²) in [6.45, 7) is 2.22. The van der Waals surface area contributed by atoms with E-state index < -0.39 is 0 Å². The van der Waals surface area contributed by atoms with Gasteiger partial charge >= 0.3 is 0 Å². The number of benzene rings is 1. The first-order valence-corrected chi connectivity index (χ1v) is 9.03. The third kappa shape index (κ3) is 3.02. The minimum atomic E-state index is -0.211. The molecule has 0 radical (unpaired) electrons.